The number of anilines is 1. The summed E-state index contributed by atoms with van der Waals surface area (Å²) in [5.41, 5.74) is 2.57. The molecule has 0 saturated heterocycles. The summed E-state index contributed by atoms with van der Waals surface area (Å²) in [7, 11) is 0. The Balaban J connectivity index is 1.77. The van der Waals surface area contributed by atoms with Gasteiger partial charge in [0.25, 0.3) is 5.91 Å². The molecule has 0 unspecified atom stereocenters. The molecule has 1 amide bonds. The van der Waals surface area contributed by atoms with Crippen molar-refractivity contribution in [2.45, 2.75) is 13.5 Å². The summed E-state index contributed by atoms with van der Waals surface area (Å²) in [4.78, 5) is 12.3. The first-order valence-corrected chi connectivity index (χ1v) is 8.12. The zero-order valence-corrected chi connectivity index (χ0v) is 14.5. The molecule has 0 aliphatic carbocycles. The van der Waals surface area contributed by atoms with Crippen LogP contribution in [-0.2, 0) is 6.54 Å². The average Bonchev–Trinajstić information content (AvgIpc) is 2.97. The molecule has 6 heteroatoms. The third-order valence-corrected chi connectivity index (χ3v) is 4.19. The summed E-state index contributed by atoms with van der Waals surface area (Å²) in [5, 5.41) is 8.26. The number of nitrogens with one attached hydrogen (secondary N) is 1. The molecule has 4 nitrogen and oxygen atoms in total. The Morgan fingerprint density at radius 2 is 1.88 bits per heavy atom. The Morgan fingerprint density at radius 1 is 1.12 bits per heavy atom. The van der Waals surface area contributed by atoms with Crippen molar-refractivity contribution in [3.63, 3.8) is 0 Å². The Kier molecular flexibility index (Phi) is 4.88. The standard InChI is InChI=1S/C18H15Cl2N3O/c1-12-2-4-13(5-3-12)18(24)22-17-8-9-21-23(17)11-14-6-7-15(19)10-16(14)20/h2-10H,11H2,1H3,(H,22,24). The van der Waals surface area contributed by atoms with E-state index in [2.05, 4.69) is 10.4 Å². The number of rotatable bonds is 4. The first-order valence-electron chi connectivity index (χ1n) is 7.37. The molecule has 1 N–H and O–H groups in total. The van der Waals surface area contributed by atoms with Gasteiger partial charge in [-0.15, -0.1) is 0 Å². The van der Waals surface area contributed by atoms with Crippen LogP contribution in [0.15, 0.2) is 54.7 Å². The van der Waals surface area contributed by atoms with E-state index >= 15 is 0 Å². The maximum absolute atomic E-state index is 12.3. The van der Waals surface area contributed by atoms with Crippen LogP contribution < -0.4 is 5.32 Å². The normalized spacial score (nSPS) is 10.6. The average molecular weight is 360 g/mol. The van der Waals surface area contributed by atoms with Crippen LogP contribution in [0, 0.1) is 6.92 Å². The van der Waals surface area contributed by atoms with Gasteiger partial charge in [0.15, 0.2) is 0 Å². The molecule has 0 bridgehead atoms. The number of carbonyl (C=O) groups excluding carboxylic acids is 1. The highest BCUT2D eigenvalue weighted by molar-refractivity contribution is 6.35. The summed E-state index contributed by atoms with van der Waals surface area (Å²) in [6.07, 6.45) is 1.63. The monoisotopic (exact) mass is 359 g/mol. The molecule has 0 aliphatic rings. The maximum Gasteiger partial charge on any atom is 0.256 e. The smallest absolute Gasteiger partial charge is 0.256 e. The number of benzene rings is 2. The van der Waals surface area contributed by atoms with Crippen LogP contribution in [0.3, 0.4) is 0 Å². The van der Waals surface area contributed by atoms with E-state index in [9.17, 15) is 4.79 Å². The van der Waals surface area contributed by atoms with Gasteiger partial charge in [-0.25, -0.2) is 4.68 Å². The van der Waals surface area contributed by atoms with Crippen molar-refractivity contribution in [2.75, 3.05) is 5.32 Å². The van der Waals surface area contributed by atoms with E-state index in [0.29, 0.717) is 28.0 Å². The van der Waals surface area contributed by atoms with E-state index in [4.69, 9.17) is 23.2 Å². The molecule has 0 spiro atoms. The van der Waals surface area contributed by atoms with Crippen molar-refractivity contribution >= 4 is 34.9 Å². The van der Waals surface area contributed by atoms with Crippen LogP contribution in [0.1, 0.15) is 21.5 Å². The van der Waals surface area contributed by atoms with Crippen LogP contribution in [0.4, 0.5) is 5.82 Å². The van der Waals surface area contributed by atoms with Gasteiger partial charge >= 0.3 is 0 Å². The SMILES string of the molecule is Cc1ccc(C(=O)Nc2ccnn2Cc2ccc(Cl)cc2Cl)cc1. The van der Waals surface area contributed by atoms with Gasteiger partial charge in [0.05, 0.1) is 12.7 Å². The second-order valence-corrected chi connectivity index (χ2v) is 6.27. The summed E-state index contributed by atoms with van der Waals surface area (Å²) < 4.78 is 1.68. The van der Waals surface area contributed by atoms with Gasteiger partial charge in [-0.05, 0) is 36.8 Å². The second kappa shape index (κ2) is 7.07. The second-order valence-electron chi connectivity index (χ2n) is 5.43. The van der Waals surface area contributed by atoms with Crippen molar-refractivity contribution in [3.8, 4) is 0 Å². The molecule has 0 radical (unpaired) electrons. The molecule has 122 valence electrons. The molecule has 3 rings (SSSR count). The molecule has 3 aromatic rings. The number of aryl methyl sites for hydroxylation is 1. The molecule has 1 heterocycles. The molecule has 0 fully saturated rings. The zero-order chi connectivity index (χ0) is 17.1. The number of carbonyl (C=O) groups is 1. The molecular weight excluding hydrogens is 345 g/mol. The Labute approximate surface area is 150 Å². The van der Waals surface area contributed by atoms with Crippen LogP contribution in [0.2, 0.25) is 10.0 Å². The number of hydrogen-bond donors (Lipinski definition) is 1. The Morgan fingerprint density at radius 3 is 2.58 bits per heavy atom. The summed E-state index contributed by atoms with van der Waals surface area (Å²) >= 11 is 12.1. The maximum atomic E-state index is 12.3. The van der Waals surface area contributed by atoms with E-state index in [1.807, 2.05) is 25.1 Å². The van der Waals surface area contributed by atoms with E-state index in [-0.39, 0.29) is 5.91 Å². The fraction of sp³-hybridized carbons (Fsp3) is 0.111. The highest BCUT2D eigenvalue weighted by atomic mass is 35.5. The van der Waals surface area contributed by atoms with Gasteiger partial charge < -0.3 is 5.32 Å². The van der Waals surface area contributed by atoms with Crippen LogP contribution in [0.5, 0.6) is 0 Å². The van der Waals surface area contributed by atoms with Gasteiger partial charge in [-0.1, -0.05) is 47.0 Å². The van der Waals surface area contributed by atoms with E-state index in [1.54, 1.807) is 41.2 Å². The summed E-state index contributed by atoms with van der Waals surface area (Å²) in [5.74, 6) is 0.422. The first kappa shape index (κ1) is 16.6. The predicted octanol–water partition coefficient (Wildman–Crippen LogP) is 4.80. The largest absolute Gasteiger partial charge is 0.307 e. The van der Waals surface area contributed by atoms with Crippen LogP contribution in [0.25, 0.3) is 0 Å². The van der Waals surface area contributed by atoms with E-state index in [0.717, 1.165) is 11.1 Å². The van der Waals surface area contributed by atoms with E-state index in [1.165, 1.54) is 0 Å². The molecule has 2 aromatic carbocycles. The number of aromatic nitrogens is 2. The molecule has 1 aromatic heterocycles. The minimum atomic E-state index is -0.182. The molecule has 0 aliphatic heterocycles. The Hall–Kier alpha value is -2.30. The topological polar surface area (TPSA) is 46.9 Å². The molecule has 0 atom stereocenters. The minimum Gasteiger partial charge on any atom is -0.307 e. The van der Waals surface area contributed by atoms with Crippen molar-refractivity contribution in [3.05, 3.63) is 81.5 Å². The van der Waals surface area contributed by atoms with Crippen molar-refractivity contribution in [1.29, 1.82) is 0 Å². The number of hydrogen-bond acceptors (Lipinski definition) is 2. The summed E-state index contributed by atoms with van der Waals surface area (Å²) in [6, 6.07) is 14.4. The highest BCUT2D eigenvalue weighted by Gasteiger charge is 2.11. The number of halogens is 2. The van der Waals surface area contributed by atoms with Gasteiger partial charge in [0.2, 0.25) is 0 Å². The van der Waals surface area contributed by atoms with Crippen LogP contribution in [-0.4, -0.2) is 15.7 Å². The quantitative estimate of drug-likeness (QED) is 0.727. The first-order chi connectivity index (χ1) is 11.5. The van der Waals surface area contributed by atoms with Crippen molar-refractivity contribution in [2.24, 2.45) is 0 Å². The third-order valence-electron chi connectivity index (χ3n) is 3.61. The van der Waals surface area contributed by atoms with Crippen LogP contribution >= 0.6 is 23.2 Å². The fourth-order valence-electron chi connectivity index (χ4n) is 2.27. The lowest BCUT2D eigenvalue weighted by atomic mass is 10.1. The lowest BCUT2D eigenvalue weighted by molar-refractivity contribution is 0.102. The Bertz CT molecular complexity index is 872. The molecular formula is C18H15Cl2N3O. The predicted molar refractivity (Wildman–Crippen MR) is 96.9 cm³/mol. The van der Waals surface area contributed by atoms with Gasteiger partial charge in [-0.2, -0.15) is 5.10 Å². The third kappa shape index (κ3) is 3.78. The number of amides is 1. The van der Waals surface area contributed by atoms with Gasteiger partial charge in [0.1, 0.15) is 5.82 Å². The van der Waals surface area contributed by atoms with Crippen molar-refractivity contribution < 1.29 is 4.79 Å². The highest BCUT2D eigenvalue weighted by Crippen LogP contribution is 2.22. The van der Waals surface area contributed by atoms with Crippen molar-refractivity contribution in [1.82, 2.24) is 9.78 Å². The number of nitrogens with zero attached hydrogens (tertiary/aromatic N) is 2. The fourth-order valence-corrected chi connectivity index (χ4v) is 2.74. The summed E-state index contributed by atoms with van der Waals surface area (Å²) in [6.45, 7) is 2.42. The molecule has 0 saturated carbocycles. The minimum absolute atomic E-state index is 0.182. The lowest BCUT2D eigenvalue weighted by Crippen LogP contribution is -2.16. The van der Waals surface area contributed by atoms with E-state index < -0.39 is 0 Å². The zero-order valence-electron chi connectivity index (χ0n) is 13.0. The lowest BCUT2D eigenvalue weighted by Gasteiger charge is -2.10. The van der Waals surface area contributed by atoms with Gasteiger partial charge in [-0.3, -0.25) is 4.79 Å². The van der Waals surface area contributed by atoms with Gasteiger partial charge in [0, 0.05) is 21.7 Å². The molecule has 24 heavy (non-hydrogen) atoms.